The molecule has 1 saturated heterocycles. The summed E-state index contributed by atoms with van der Waals surface area (Å²) in [5.74, 6) is -1.99. The van der Waals surface area contributed by atoms with Crippen LogP contribution in [-0.2, 0) is 4.79 Å². The first kappa shape index (κ1) is 14.4. The Bertz CT molecular complexity index is 577. The van der Waals surface area contributed by atoms with Gasteiger partial charge in [0.1, 0.15) is 0 Å². The summed E-state index contributed by atoms with van der Waals surface area (Å²) in [7, 11) is 0. The highest BCUT2D eigenvalue weighted by Gasteiger charge is 2.49. The Hall–Kier alpha value is -1.49. The van der Waals surface area contributed by atoms with E-state index in [2.05, 4.69) is 6.92 Å². The molecule has 3 unspecified atom stereocenters. The number of likely N-dealkylation sites (tertiary alicyclic amines) is 1. The van der Waals surface area contributed by atoms with Crippen molar-refractivity contribution in [2.75, 3.05) is 19.6 Å². The Morgan fingerprint density at radius 2 is 2.24 bits per heavy atom. The molecular formula is C16H20F2N2O. The van der Waals surface area contributed by atoms with Gasteiger partial charge < -0.3 is 10.6 Å². The van der Waals surface area contributed by atoms with Crippen LogP contribution in [0.4, 0.5) is 8.78 Å². The molecule has 0 radical (unpaired) electrons. The number of benzene rings is 1. The molecule has 3 atom stereocenters. The van der Waals surface area contributed by atoms with Crippen LogP contribution in [0.1, 0.15) is 31.2 Å². The number of amides is 1. The molecule has 1 aromatic rings. The molecule has 2 N–H and O–H groups in total. The lowest BCUT2D eigenvalue weighted by atomic mass is 9.90. The molecule has 1 heterocycles. The van der Waals surface area contributed by atoms with Crippen LogP contribution in [0.3, 0.4) is 0 Å². The normalized spacial score (nSPS) is 31.5. The zero-order valence-electron chi connectivity index (χ0n) is 12.1. The SMILES string of the molecule is CC1(CN)CCN(C(=O)C2CC2c2cccc(F)c2F)C1. The lowest BCUT2D eigenvalue weighted by molar-refractivity contribution is -0.132. The van der Waals surface area contributed by atoms with Gasteiger partial charge >= 0.3 is 0 Å². The van der Waals surface area contributed by atoms with E-state index in [-0.39, 0.29) is 23.2 Å². The van der Waals surface area contributed by atoms with Crippen LogP contribution >= 0.6 is 0 Å². The van der Waals surface area contributed by atoms with Crippen molar-refractivity contribution >= 4 is 5.91 Å². The van der Waals surface area contributed by atoms with Gasteiger partial charge in [-0.05, 0) is 42.3 Å². The first-order valence-corrected chi connectivity index (χ1v) is 7.38. The number of halogens is 2. The monoisotopic (exact) mass is 294 g/mol. The number of nitrogens with zero attached hydrogens (tertiary/aromatic N) is 1. The first-order valence-electron chi connectivity index (χ1n) is 7.38. The molecule has 3 rings (SSSR count). The maximum Gasteiger partial charge on any atom is 0.226 e. The highest BCUT2D eigenvalue weighted by atomic mass is 19.2. The van der Waals surface area contributed by atoms with Gasteiger partial charge in [-0.25, -0.2) is 8.78 Å². The maximum atomic E-state index is 13.8. The molecule has 3 nitrogen and oxygen atoms in total. The number of carbonyl (C=O) groups excluding carboxylic acids is 1. The fourth-order valence-corrected chi connectivity index (χ4v) is 3.23. The van der Waals surface area contributed by atoms with Crippen LogP contribution in [-0.4, -0.2) is 30.4 Å². The van der Waals surface area contributed by atoms with Crippen LogP contribution < -0.4 is 5.73 Å². The van der Waals surface area contributed by atoms with Crippen molar-refractivity contribution in [3.8, 4) is 0 Å². The van der Waals surface area contributed by atoms with Crippen molar-refractivity contribution in [1.29, 1.82) is 0 Å². The summed E-state index contributed by atoms with van der Waals surface area (Å²) in [5.41, 5.74) is 6.07. The van der Waals surface area contributed by atoms with Crippen molar-refractivity contribution < 1.29 is 13.6 Å². The van der Waals surface area contributed by atoms with Gasteiger partial charge in [0.2, 0.25) is 5.91 Å². The summed E-state index contributed by atoms with van der Waals surface area (Å²) in [6, 6.07) is 4.17. The second-order valence-electron chi connectivity index (χ2n) is 6.62. The van der Waals surface area contributed by atoms with Gasteiger partial charge in [-0.3, -0.25) is 4.79 Å². The maximum absolute atomic E-state index is 13.8. The fraction of sp³-hybridized carbons (Fsp3) is 0.562. The highest BCUT2D eigenvalue weighted by Crippen LogP contribution is 2.50. The topological polar surface area (TPSA) is 46.3 Å². The van der Waals surface area contributed by atoms with Gasteiger partial charge in [0, 0.05) is 19.0 Å². The summed E-state index contributed by atoms with van der Waals surface area (Å²) in [6.45, 7) is 4.01. The number of nitrogens with two attached hydrogens (primary N) is 1. The molecule has 1 aromatic carbocycles. The van der Waals surface area contributed by atoms with Gasteiger partial charge in [0.05, 0.1) is 0 Å². The Morgan fingerprint density at radius 1 is 1.48 bits per heavy atom. The second-order valence-corrected chi connectivity index (χ2v) is 6.62. The van der Waals surface area contributed by atoms with Crippen molar-refractivity contribution in [2.24, 2.45) is 17.1 Å². The predicted molar refractivity (Wildman–Crippen MR) is 75.6 cm³/mol. The Balaban J connectivity index is 1.68. The van der Waals surface area contributed by atoms with E-state index in [1.807, 2.05) is 4.90 Å². The number of hydrogen-bond donors (Lipinski definition) is 1. The predicted octanol–water partition coefficient (Wildman–Crippen LogP) is 2.27. The van der Waals surface area contributed by atoms with Crippen molar-refractivity contribution in [1.82, 2.24) is 4.90 Å². The molecule has 1 amide bonds. The van der Waals surface area contributed by atoms with Crippen molar-refractivity contribution in [2.45, 2.75) is 25.7 Å². The molecule has 21 heavy (non-hydrogen) atoms. The van der Waals surface area contributed by atoms with Gasteiger partial charge in [0.25, 0.3) is 0 Å². The average Bonchev–Trinajstić information content (AvgIpc) is 3.16. The Kier molecular flexibility index (Phi) is 3.48. The minimum absolute atomic E-state index is 0.00977. The van der Waals surface area contributed by atoms with Gasteiger partial charge in [0.15, 0.2) is 11.6 Å². The van der Waals surface area contributed by atoms with E-state index >= 15 is 0 Å². The van der Waals surface area contributed by atoms with E-state index in [1.54, 1.807) is 6.07 Å². The smallest absolute Gasteiger partial charge is 0.226 e. The number of rotatable bonds is 3. The molecular weight excluding hydrogens is 274 g/mol. The molecule has 2 aliphatic rings. The van der Waals surface area contributed by atoms with E-state index in [0.717, 1.165) is 12.5 Å². The van der Waals surface area contributed by atoms with E-state index in [9.17, 15) is 13.6 Å². The third kappa shape index (κ3) is 2.55. The molecule has 5 heteroatoms. The van der Waals surface area contributed by atoms with Gasteiger partial charge in [-0.1, -0.05) is 19.1 Å². The molecule has 1 aliphatic carbocycles. The molecule has 0 bridgehead atoms. The molecule has 0 aromatic heterocycles. The molecule has 1 aliphatic heterocycles. The summed E-state index contributed by atoms with van der Waals surface area (Å²) >= 11 is 0. The zero-order valence-corrected chi connectivity index (χ0v) is 12.1. The van der Waals surface area contributed by atoms with Crippen LogP contribution in [0.2, 0.25) is 0 Å². The first-order chi connectivity index (χ1) is 9.95. The largest absolute Gasteiger partial charge is 0.342 e. The van der Waals surface area contributed by atoms with Crippen LogP contribution in [0, 0.1) is 23.0 Å². The lowest BCUT2D eigenvalue weighted by Gasteiger charge is -2.22. The van der Waals surface area contributed by atoms with Crippen molar-refractivity contribution in [3.63, 3.8) is 0 Å². The summed E-state index contributed by atoms with van der Waals surface area (Å²) < 4.78 is 27.0. The fourth-order valence-electron chi connectivity index (χ4n) is 3.23. The minimum atomic E-state index is -0.845. The standard InChI is InChI=1S/C16H20F2N2O/c1-16(8-19)5-6-20(9-16)15(21)12-7-11(12)10-3-2-4-13(17)14(10)18/h2-4,11-12H,5-9,19H2,1H3. The van der Waals surface area contributed by atoms with Crippen LogP contribution in [0.25, 0.3) is 0 Å². The van der Waals surface area contributed by atoms with Crippen molar-refractivity contribution in [3.05, 3.63) is 35.4 Å². The molecule has 2 fully saturated rings. The highest BCUT2D eigenvalue weighted by molar-refractivity contribution is 5.83. The molecule has 0 spiro atoms. The lowest BCUT2D eigenvalue weighted by Crippen LogP contribution is -2.35. The zero-order chi connectivity index (χ0) is 15.2. The number of hydrogen-bond acceptors (Lipinski definition) is 2. The summed E-state index contributed by atoms with van der Waals surface area (Å²) in [5, 5.41) is 0. The third-order valence-electron chi connectivity index (χ3n) is 4.85. The van der Waals surface area contributed by atoms with E-state index < -0.39 is 11.6 Å². The van der Waals surface area contributed by atoms with E-state index in [0.29, 0.717) is 31.6 Å². The summed E-state index contributed by atoms with van der Waals surface area (Å²) in [6.07, 6.45) is 1.51. The van der Waals surface area contributed by atoms with E-state index in [1.165, 1.54) is 6.07 Å². The Labute approximate surface area is 123 Å². The number of carbonyl (C=O) groups is 1. The summed E-state index contributed by atoms with van der Waals surface area (Å²) in [4.78, 5) is 14.3. The van der Waals surface area contributed by atoms with Crippen LogP contribution in [0.15, 0.2) is 18.2 Å². The minimum Gasteiger partial charge on any atom is -0.342 e. The molecule has 1 saturated carbocycles. The van der Waals surface area contributed by atoms with E-state index in [4.69, 9.17) is 5.73 Å². The molecule has 114 valence electrons. The Morgan fingerprint density at radius 3 is 2.90 bits per heavy atom. The second kappa shape index (κ2) is 5.05. The third-order valence-corrected chi connectivity index (χ3v) is 4.85. The van der Waals surface area contributed by atoms with Gasteiger partial charge in [-0.15, -0.1) is 0 Å². The van der Waals surface area contributed by atoms with Gasteiger partial charge in [-0.2, -0.15) is 0 Å². The van der Waals surface area contributed by atoms with Crippen LogP contribution in [0.5, 0.6) is 0 Å². The quantitative estimate of drug-likeness (QED) is 0.929. The average molecular weight is 294 g/mol.